The number of aryl methyl sites for hydroxylation is 2. The average Bonchev–Trinajstić information content (AvgIpc) is 3.21. The highest BCUT2D eigenvalue weighted by Gasteiger charge is 2.25. The Morgan fingerprint density at radius 1 is 1.00 bits per heavy atom. The first-order valence-corrected chi connectivity index (χ1v) is 11.5. The highest BCUT2D eigenvalue weighted by Crippen LogP contribution is 2.23. The molecule has 0 bridgehead atoms. The number of benzene rings is 1. The molecule has 0 unspecified atom stereocenters. The summed E-state index contributed by atoms with van der Waals surface area (Å²) in [6.45, 7) is 7.22. The third-order valence-corrected chi connectivity index (χ3v) is 6.11. The van der Waals surface area contributed by atoms with Crippen LogP contribution in [0.5, 0.6) is 0 Å². The summed E-state index contributed by atoms with van der Waals surface area (Å²) < 4.78 is 12.0. The molecule has 180 valence electrons. The minimum Gasteiger partial charge on any atom is -0.456 e. The lowest BCUT2D eigenvalue weighted by Gasteiger charge is -2.33. The van der Waals surface area contributed by atoms with Crippen LogP contribution >= 0.6 is 0 Å². The minimum absolute atomic E-state index is 0.138. The van der Waals surface area contributed by atoms with Crippen LogP contribution in [0.1, 0.15) is 30.3 Å². The number of piperazine rings is 1. The van der Waals surface area contributed by atoms with Crippen LogP contribution in [0.25, 0.3) is 16.6 Å². The number of hydrogen-bond donors (Lipinski definition) is 0. The van der Waals surface area contributed by atoms with E-state index in [1.807, 2.05) is 42.6 Å². The van der Waals surface area contributed by atoms with Crippen molar-refractivity contribution in [1.29, 1.82) is 0 Å². The highest BCUT2D eigenvalue weighted by molar-refractivity contribution is 5.92. The SMILES string of the molecule is CCOC(=O)N1CCN(C(=O)COC(=O)CCc2c(C)nc3c4ccccc4nn3c2C)CC1. The molecule has 1 aromatic carbocycles. The van der Waals surface area contributed by atoms with Gasteiger partial charge in [0.2, 0.25) is 0 Å². The molecule has 34 heavy (non-hydrogen) atoms. The quantitative estimate of drug-likeness (QED) is 0.512. The van der Waals surface area contributed by atoms with Gasteiger partial charge in [0.25, 0.3) is 5.91 Å². The van der Waals surface area contributed by atoms with Crippen molar-refractivity contribution in [3.8, 4) is 0 Å². The summed E-state index contributed by atoms with van der Waals surface area (Å²) in [5, 5.41) is 5.62. The van der Waals surface area contributed by atoms with Crippen molar-refractivity contribution in [3.63, 3.8) is 0 Å². The summed E-state index contributed by atoms with van der Waals surface area (Å²) in [4.78, 5) is 44.4. The Bertz CT molecular complexity index is 1230. The summed E-state index contributed by atoms with van der Waals surface area (Å²) in [6.07, 6.45) is 0.212. The van der Waals surface area contributed by atoms with E-state index >= 15 is 0 Å². The van der Waals surface area contributed by atoms with Gasteiger partial charge in [-0.15, -0.1) is 0 Å². The van der Waals surface area contributed by atoms with Crippen LogP contribution in [0.4, 0.5) is 4.79 Å². The smallest absolute Gasteiger partial charge is 0.409 e. The number of carbonyl (C=O) groups is 3. The zero-order chi connectivity index (χ0) is 24.2. The monoisotopic (exact) mass is 467 g/mol. The molecule has 0 saturated carbocycles. The largest absolute Gasteiger partial charge is 0.456 e. The van der Waals surface area contributed by atoms with Gasteiger partial charge in [-0.2, -0.15) is 5.10 Å². The molecule has 2 aromatic heterocycles. The third kappa shape index (κ3) is 4.80. The van der Waals surface area contributed by atoms with Crippen LogP contribution in [-0.4, -0.2) is 81.8 Å². The molecule has 1 aliphatic rings. The molecule has 3 aromatic rings. The fourth-order valence-corrected chi connectivity index (χ4v) is 4.22. The number of esters is 1. The molecule has 0 spiro atoms. The molecule has 0 aliphatic carbocycles. The van der Waals surface area contributed by atoms with E-state index in [-0.39, 0.29) is 25.0 Å². The first kappa shape index (κ1) is 23.5. The molecule has 10 nitrogen and oxygen atoms in total. The van der Waals surface area contributed by atoms with Gasteiger partial charge in [0.05, 0.1) is 12.1 Å². The lowest BCUT2D eigenvalue weighted by atomic mass is 10.1. The fraction of sp³-hybridized carbons (Fsp3) is 0.458. The zero-order valence-electron chi connectivity index (χ0n) is 19.7. The average molecular weight is 468 g/mol. The van der Waals surface area contributed by atoms with Gasteiger partial charge in [-0.1, -0.05) is 12.1 Å². The Kier molecular flexibility index (Phi) is 6.95. The van der Waals surface area contributed by atoms with E-state index < -0.39 is 5.97 Å². The summed E-state index contributed by atoms with van der Waals surface area (Å²) in [7, 11) is 0. The molecular weight excluding hydrogens is 438 g/mol. The van der Waals surface area contributed by atoms with Crippen molar-refractivity contribution in [2.75, 3.05) is 39.4 Å². The molecule has 4 rings (SSSR count). The Labute approximate surface area is 197 Å². The van der Waals surface area contributed by atoms with Gasteiger partial charge < -0.3 is 19.3 Å². The van der Waals surface area contributed by atoms with Gasteiger partial charge in [-0.25, -0.2) is 14.3 Å². The van der Waals surface area contributed by atoms with Crippen LogP contribution in [0, 0.1) is 13.8 Å². The van der Waals surface area contributed by atoms with E-state index in [1.165, 1.54) is 0 Å². The van der Waals surface area contributed by atoms with Crippen molar-refractivity contribution >= 4 is 34.5 Å². The molecule has 0 atom stereocenters. The Morgan fingerprint density at radius 3 is 2.44 bits per heavy atom. The lowest BCUT2D eigenvalue weighted by molar-refractivity contribution is -0.152. The zero-order valence-corrected chi connectivity index (χ0v) is 19.7. The summed E-state index contributed by atoms with van der Waals surface area (Å²) >= 11 is 0. The van der Waals surface area contributed by atoms with Gasteiger partial charge in [0, 0.05) is 49.4 Å². The fourth-order valence-electron chi connectivity index (χ4n) is 4.22. The Hall–Kier alpha value is -3.69. The van der Waals surface area contributed by atoms with Gasteiger partial charge in [-0.3, -0.25) is 9.59 Å². The van der Waals surface area contributed by atoms with E-state index in [0.717, 1.165) is 33.5 Å². The first-order chi connectivity index (χ1) is 16.4. The topological polar surface area (TPSA) is 106 Å². The van der Waals surface area contributed by atoms with E-state index in [0.29, 0.717) is 39.2 Å². The molecule has 1 aliphatic heterocycles. The number of rotatable bonds is 6. The molecule has 2 amide bonds. The second-order valence-corrected chi connectivity index (χ2v) is 8.24. The van der Waals surface area contributed by atoms with Crippen LogP contribution in [0.3, 0.4) is 0 Å². The molecular formula is C24H29N5O5. The number of ether oxygens (including phenoxy) is 2. The standard InChI is InChI=1S/C24H29N5O5/c1-4-33-24(32)28-13-11-27(12-14-28)21(30)15-34-22(31)10-9-18-16(2)25-23-19-7-5-6-8-20(19)26-29(23)17(18)3/h5-8H,4,9-15H2,1-3H3. The normalized spacial score (nSPS) is 14.0. The number of carbonyl (C=O) groups excluding carboxylic acids is 3. The highest BCUT2D eigenvalue weighted by atomic mass is 16.6. The van der Waals surface area contributed by atoms with Crippen LogP contribution < -0.4 is 0 Å². The number of nitrogens with zero attached hydrogens (tertiary/aromatic N) is 5. The lowest BCUT2D eigenvalue weighted by Crippen LogP contribution is -2.51. The van der Waals surface area contributed by atoms with Gasteiger partial charge in [0.15, 0.2) is 12.3 Å². The Balaban J connectivity index is 1.30. The number of hydrogen-bond acceptors (Lipinski definition) is 7. The number of amides is 2. The second kappa shape index (κ2) is 10.1. The van der Waals surface area contributed by atoms with Crippen molar-refractivity contribution in [2.24, 2.45) is 0 Å². The van der Waals surface area contributed by atoms with Gasteiger partial charge in [0.1, 0.15) is 0 Å². The van der Waals surface area contributed by atoms with Crippen molar-refractivity contribution < 1.29 is 23.9 Å². The molecule has 0 N–H and O–H groups in total. The third-order valence-electron chi connectivity index (χ3n) is 6.11. The summed E-state index contributed by atoms with van der Waals surface area (Å²) in [6, 6.07) is 7.84. The maximum atomic E-state index is 12.4. The first-order valence-electron chi connectivity index (χ1n) is 11.5. The van der Waals surface area contributed by atoms with E-state index in [4.69, 9.17) is 14.5 Å². The van der Waals surface area contributed by atoms with Crippen LogP contribution in [-0.2, 0) is 25.5 Å². The predicted molar refractivity (Wildman–Crippen MR) is 124 cm³/mol. The maximum absolute atomic E-state index is 12.4. The number of fused-ring (bicyclic) bond motifs is 3. The van der Waals surface area contributed by atoms with Crippen molar-refractivity contribution in [3.05, 3.63) is 41.2 Å². The van der Waals surface area contributed by atoms with Gasteiger partial charge >= 0.3 is 12.1 Å². The minimum atomic E-state index is -0.442. The maximum Gasteiger partial charge on any atom is 0.409 e. The molecule has 10 heteroatoms. The van der Waals surface area contributed by atoms with Crippen molar-refractivity contribution in [1.82, 2.24) is 24.4 Å². The van der Waals surface area contributed by atoms with Crippen molar-refractivity contribution in [2.45, 2.75) is 33.6 Å². The summed E-state index contributed by atoms with van der Waals surface area (Å²) in [5.74, 6) is -0.710. The van der Waals surface area contributed by atoms with E-state index in [2.05, 4.69) is 5.10 Å². The van der Waals surface area contributed by atoms with E-state index in [9.17, 15) is 14.4 Å². The second-order valence-electron chi connectivity index (χ2n) is 8.24. The summed E-state index contributed by atoms with van der Waals surface area (Å²) in [5.41, 5.74) is 4.39. The Morgan fingerprint density at radius 2 is 1.71 bits per heavy atom. The molecule has 1 fully saturated rings. The molecule has 0 radical (unpaired) electrons. The van der Waals surface area contributed by atoms with E-state index in [1.54, 1.807) is 16.7 Å². The predicted octanol–water partition coefficient (Wildman–Crippen LogP) is 2.28. The van der Waals surface area contributed by atoms with Gasteiger partial charge in [-0.05, 0) is 44.9 Å². The molecule has 1 saturated heterocycles. The number of aromatic nitrogens is 3. The van der Waals surface area contributed by atoms with Crippen LogP contribution in [0.15, 0.2) is 24.3 Å². The van der Waals surface area contributed by atoms with Crippen LogP contribution in [0.2, 0.25) is 0 Å². The molecule has 3 heterocycles.